The Labute approximate surface area is 379 Å². The topological polar surface area (TPSA) is 189 Å². The summed E-state index contributed by atoms with van der Waals surface area (Å²) in [7, 11) is 0. The van der Waals surface area contributed by atoms with E-state index in [9.17, 15) is 40.5 Å². The Morgan fingerprint density at radius 1 is 0.548 bits per heavy atom. The number of carbonyl (C=O) groups is 1. The maximum atomic E-state index is 13.1. The summed E-state index contributed by atoms with van der Waals surface area (Å²) in [5.74, 6) is -0.699. The Morgan fingerprint density at radius 2 is 0.935 bits per heavy atom. The molecule has 11 heteroatoms. The largest absolute Gasteiger partial charge is 0.394 e. The molecule has 0 aromatic carbocycles. The highest BCUT2D eigenvalue weighted by Gasteiger charge is 2.44. The zero-order chi connectivity index (χ0) is 45.5. The number of hydrogen-bond donors (Lipinski definition) is 8. The van der Waals surface area contributed by atoms with Crippen molar-refractivity contribution in [3.63, 3.8) is 0 Å². The number of rotatable bonds is 44. The lowest BCUT2D eigenvalue weighted by Gasteiger charge is -2.40. The standard InChI is InChI=1S/C51H99NO10/c1-3-5-7-9-11-13-15-17-19-20-21-22-23-25-27-29-31-33-35-37-39-44(55)50(60)52-42(41-61-51-49(59)48(58)47(57)45(40-53)62-51)46(56)43(54)38-36-34-32-30-28-26-24-18-16-14-12-10-8-6-4-2/h22-23,42-49,51,53-59H,3-21,24-41H2,1-2H3,(H,52,60)/b23-22-. The molecule has 368 valence electrons. The van der Waals surface area contributed by atoms with Crippen LogP contribution in [-0.2, 0) is 14.3 Å². The molecule has 9 unspecified atom stereocenters. The molecule has 1 rings (SSSR count). The summed E-state index contributed by atoms with van der Waals surface area (Å²) in [6, 6.07) is -1.17. The van der Waals surface area contributed by atoms with Crippen molar-refractivity contribution in [2.45, 2.75) is 294 Å². The van der Waals surface area contributed by atoms with Gasteiger partial charge in [-0.15, -0.1) is 0 Å². The molecule has 0 bridgehead atoms. The molecule has 0 aromatic rings. The summed E-state index contributed by atoms with van der Waals surface area (Å²) in [4.78, 5) is 13.1. The quantitative estimate of drug-likeness (QED) is 0.0216. The first kappa shape index (κ1) is 58.9. The fraction of sp³-hybridized carbons (Fsp3) is 0.941. The van der Waals surface area contributed by atoms with Crippen molar-refractivity contribution in [1.82, 2.24) is 5.32 Å². The lowest BCUT2D eigenvalue weighted by Crippen LogP contribution is -2.60. The van der Waals surface area contributed by atoms with Crippen molar-refractivity contribution < 1.29 is 50.0 Å². The number of ether oxygens (including phenoxy) is 2. The molecule has 0 aliphatic carbocycles. The lowest BCUT2D eigenvalue weighted by atomic mass is 9.98. The first-order valence-corrected chi connectivity index (χ1v) is 26.1. The Hall–Kier alpha value is -1.15. The molecule has 1 aliphatic heterocycles. The zero-order valence-electron chi connectivity index (χ0n) is 39.9. The fourth-order valence-corrected chi connectivity index (χ4v) is 8.50. The van der Waals surface area contributed by atoms with Gasteiger partial charge in [-0.3, -0.25) is 4.79 Å². The van der Waals surface area contributed by atoms with Crippen molar-refractivity contribution in [3.8, 4) is 0 Å². The smallest absolute Gasteiger partial charge is 0.249 e. The predicted octanol–water partition coefficient (Wildman–Crippen LogP) is 9.62. The molecule has 1 saturated heterocycles. The molecular weight excluding hydrogens is 787 g/mol. The Bertz CT molecular complexity index is 1020. The van der Waals surface area contributed by atoms with E-state index >= 15 is 0 Å². The minimum absolute atomic E-state index is 0.256. The predicted molar refractivity (Wildman–Crippen MR) is 252 cm³/mol. The van der Waals surface area contributed by atoms with Crippen LogP contribution in [0.25, 0.3) is 0 Å². The van der Waals surface area contributed by atoms with Crippen LogP contribution in [0.15, 0.2) is 12.2 Å². The Kier molecular flexibility index (Phi) is 39.2. The van der Waals surface area contributed by atoms with Gasteiger partial charge in [-0.2, -0.15) is 0 Å². The zero-order valence-corrected chi connectivity index (χ0v) is 39.9. The van der Waals surface area contributed by atoms with Gasteiger partial charge in [0.1, 0.15) is 36.6 Å². The van der Waals surface area contributed by atoms with E-state index in [1.165, 1.54) is 148 Å². The molecular formula is C51H99NO10. The second-order valence-electron chi connectivity index (χ2n) is 18.6. The summed E-state index contributed by atoms with van der Waals surface area (Å²) in [5.41, 5.74) is 0. The van der Waals surface area contributed by atoms with Crippen molar-refractivity contribution in [3.05, 3.63) is 12.2 Å². The van der Waals surface area contributed by atoms with E-state index in [4.69, 9.17) is 9.47 Å². The van der Waals surface area contributed by atoms with Gasteiger partial charge in [0.05, 0.1) is 25.4 Å². The average molecular weight is 886 g/mol. The second-order valence-corrected chi connectivity index (χ2v) is 18.6. The second kappa shape index (κ2) is 41.3. The molecule has 1 heterocycles. The first-order valence-electron chi connectivity index (χ1n) is 26.1. The van der Waals surface area contributed by atoms with Gasteiger partial charge in [0, 0.05) is 0 Å². The van der Waals surface area contributed by atoms with Crippen LogP contribution in [0.2, 0.25) is 0 Å². The molecule has 1 amide bonds. The molecule has 0 spiro atoms. The third kappa shape index (κ3) is 30.1. The van der Waals surface area contributed by atoms with Crippen molar-refractivity contribution >= 4 is 5.91 Å². The minimum atomic E-state index is -1.66. The summed E-state index contributed by atoms with van der Waals surface area (Å²) in [6.45, 7) is 3.46. The van der Waals surface area contributed by atoms with E-state index in [2.05, 4.69) is 31.3 Å². The molecule has 1 fully saturated rings. The number of nitrogens with one attached hydrogen (secondary N) is 1. The van der Waals surface area contributed by atoms with E-state index in [0.29, 0.717) is 19.3 Å². The van der Waals surface area contributed by atoms with Crippen LogP contribution in [0.1, 0.15) is 239 Å². The fourth-order valence-electron chi connectivity index (χ4n) is 8.50. The van der Waals surface area contributed by atoms with Gasteiger partial charge in [-0.25, -0.2) is 0 Å². The van der Waals surface area contributed by atoms with E-state index < -0.39 is 74.2 Å². The highest BCUT2D eigenvalue weighted by Crippen LogP contribution is 2.23. The SMILES string of the molecule is CCCCCCCCCCCC/C=C\CCCCCCCCC(O)C(=O)NC(COC1OC(CO)C(O)C(O)C1O)C(O)C(O)CCCCCCCCCCCCCCCCC. The number of allylic oxidation sites excluding steroid dienone is 2. The van der Waals surface area contributed by atoms with Gasteiger partial charge in [0.2, 0.25) is 5.91 Å². The van der Waals surface area contributed by atoms with Crippen LogP contribution in [0.3, 0.4) is 0 Å². The van der Waals surface area contributed by atoms with E-state index in [-0.39, 0.29) is 6.42 Å². The first-order chi connectivity index (χ1) is 30.2. The van der Waals surface area contributed by atoms with Crippen LogP contribution < -0.4 is 5.32 Å². The van der Waals surface area contributed by atoms with Crippen molar-refractivity contribution in [2.24, 2.45) is 0 Å². The molecule has 8 N–H and O–H groups in total. The number of aliphatic hydroxyl groups excluding tert-OH is 7. The highest BCUT2D eigenvalue weighted by molar-refractivity contribution is 5.80. The highest BCUT2D eigenvalue weighted by atomic mass is 16.7. The lowest BCUT2D eigenvalue weighted by molar-refractivity contribution is -0.303. The van der Waals surface area contributed by atoms with Crippen molar-refractivity contribution in [1.29, 1.82) is 0 Å². The average Bonchev–Trinajstić information content (AvgIpc) is 3.27. The normalized spacial score (nSPS) is 21.3. The Morgan fingerprint density at radius 3 is 1.35 bits per heavy atom. The van der Waals surface area contributed by atoms with Crippen molar-refractivity contribution in [2.75, 3.05) is 13.2 Å². The van der Waals surface area contributed by atoms with E-state index in [1.807, 2.05) is 0 Å². The molecule has 62 heavy (non-hydrogen) atoms. The van der Waals surface area contributed by atoms with Crippen LogP contribution in [0.5, 0.6) is 0 Å². The van der Waals surface area contributed by atoms with Gasteiger partial charge < -0.3 is 50.5 Å². The monoisotopic (exact) mass is 886 g/mol. The summed E-state index contributed by atoms with van der Waals surface area (Å²) in [6.07, 6.45) is 33.9. The molecule has 0 aromatic heterocycles. The van der Waals surface area contributed by atoms with Gasteiger partial charge in [0.15, 0.2) is 6.29 Å². The Balaban J connectivity index is 2.38. The van der Waals surface area contributed by atoms with Crippen LogP contribution >= 0.6 is 0 Å². The van der Waals surface area contributed by atoms with Gasteiger partial charge in [-0.05, 0) is 38.5 Å². The molecule has 11 nitrogen and oxygen atoms in total. The molecule has 0 radical (unpaired) electrons. The van der Waals surface area contributed by atoms with E-state index in [0.717, 1.165) is 51.4 Å². The van der Waals surface area contributed by atoms with Crippen LogP contribution in [0.4, 0.5) is 0 Å². The third-order valence-corrected chi connectivity index (χ3v) is 12.8. The molecule has 0 saturated carbocycles. The van der Waals surface area contributed by atoms with Gasteiger partial charge in [-0.1, -0.05) is 212 Å². The minimum Gasteiger partial charge on any atom is -0.394 e. The van der Waals surface area contributed by atoms with Crippen LogP contribution in [0, 0.1) is 0 Å². The summed E-state index contributed by atoms with van der Waals surface area (Å²) in [5, 5.41) is 75.9. The number of aliphatic hydroxyl groups is 7. The summed E-state index contributed by atoms with van der Waals surface area (Å²) >= 11 is 0. The maximum Gasteiger partial charge on any atom is 0.249 e. The van der Waals surface area contributed by atoms with Gasteiger partial charge >= 0.3 is 0 Å². The maximum absolute atomic E-state index is 13.1. The third-order valence-electron chi connectivity index (χ3n) is 12.8. The molecule has 1 aliphatic rings. The van der Waals surface area contributed by atoms with Gasteiger partial charge in [0.25, 0.3) is 0 Å². The van der Waals surface area contributed by atoms with Crippen LogP contribution in [-0.4, -0.2) is 110 Å². The van der Waals surface area contributed by atoms with E-state index in [1.54, 1.807) is 0 Å². The summed E-state index contributed by atoms with van der Waals surface area (Å²) < 4.78 is 11.1. The number of hydrogen-bond acceptors (Lipinski definition) is 10. The number of carbonyl (C=O) groups excluding carboxylic acids is 1. The molecule has 9 atom stereocenters. The number of unbranched alkanes of at least 4 members (excludes halogenated alkanes) is 30. The number of amides is 1.